The van der Waals surface area contributed by atoms with E-state index in [4.69, 9.17) is 18.0 Å². The number of nitrogens with zero attached hydrogens (tertiary/aromatic N) is 1. The smallest absolute Gasteiger partial charge is 0.235 e. The first kappa shape index (κ1) is 14.5. The minimum Gasteiger partial charge on any atom is -0.392 e. The van der Waals surface area contributed by atoms with Crippen molar-refractivity contribution in [3.8, 4) is 0 Å². The highest BCUT2D eigenvalue weighted by Gasteiger charge is 2.43. The summed E-state index contributed by atoms with van der Waals surface area (Å²) < 4.78 is 0. The van der Waals surface area contributed by atoms with Crippen molar-refractivity contribution in [3.63, 3.8) is 0 Å². The Hall–Kier alpha value is -0.940. The van der Waals surface area contributed by atoms with Gasteiger partial charge < -0.3 is 10.6 Å². The highest BCUT2D eigenvalue weighted by molar-refractivity contribution is 7.80. The maximum Gasteiger partial charge on any atom is 0.235 e. The minimum atomic E-state index is -0.598. The van der Waals surface area contributed by atoms with E-state index in [0.29, 0.717) is 11.5 Å². The van der Waals surface area contributed by atoms with E-state index in [1.165, 1.54) is 11.3 Å². The molecule has 2 rings (SSSR count). The largest absolute Gasteiger partial charge is 0.392 e. The summed E-state index contributed by atoms with van der Waals surface area (Å²) in [5, 5.41) is 2.03. The van der Waals surface area contributed by atoms with Crippen molar-refractivity contribution in [2.24, 2.45) is 11.1 Å². The van der Waals surface area contributed by atoms with Crippen molar-refractivity contribution in [1.82, 2.24) is 4.90 Å². The van der Waals surface area contributed by atoms with Crippen LogP contribution in [0.4, 0.5) is 0 Å². The average molecular weight is 296 g/mol. The summed E-state index contributed by atoms with van der Waals surface area (Å²) in [6, 6.07) is 4.05. The van der Waals surface area contributed by atoms with Gasteiger partial charge in [-0.15, -0.1) is 11.3 Å². The van der Waals surface area contributed by atoms with E-state index in [-0.39, 0.29) is 5.91 Å². The van der Waals surface area contributed by atoms with Gasteiger partial charge in [0.05, 0.1) is 16.9 Å². The number of carbonyl (C=O) groups is 1. The van der Waals surface area contributed by atoms with E-state index in [0.717, 1.165) is 25.7 Å². The van der Waals surface area contributed by atoms with Gasteiger partial charge in [0.15, 0.2) is 0 Å². The molecule has 1 aliphatic rings. The summed E-state index contributed by atoms with van der Waals surface area (Å²) in [5.41, 5.74) is 5.30. The second kappa shape index (κ2) is 6.01. The predicted octanol–water partition coefficient (Wildman–Crippen LogP) is 2.94. The van der Waals surface area contributed by atoms with Crippen LogP contribution < -0.4 is 5.73 Å². The van der Waals surface area contributed by atoms with Crippen LogP contribution in [0.25, 0.3) is 0 Å². The Morgan fingerprint density at radius 2 is 2.16 bits per heavy atom. The first-order valence-corrected chi connectivity index (χ1v) is 7.93. The number of carbonyl (C=O) groups excluding carboxylic acids is 1. The van der Waals surface area contributed by atoms with Gasteiger partial charge in [0.25, 0.3) is 0 Å². The van der Waals surface area contributed by atoms with Gasteiger partial charge in [-0.3, -0.25) is 4.79 Å². The summed E-state index contributed by atoms with van der Waals surface area (Å²) in [5.74, 6) is 0.0908. The lowest BCUT2D eigenvalue weighted by Gasteiger charge is -2.37. The molecule has 5 heteroatoms. The van der Waals surface area contributed by atoms with Gasteiger partial charge in [0, 0.05) is 11.9 Å². The average Bonchev–Trinajstić information content (AvgIpc) is 2.91. The van der Waals surface area contributed by atoms with Crippen molar-refractivity contribution < 1.29 is 4.79 Å². The van der Waals surface area contributed by atoms with Crippen molar-refractivity contribution >= 4 is 34.5 Å². The molecule has 0 bridgehead atoms. The summed E-state index contributed by atoms with van der Waals surface area (Å²) in [4.78, 5) is 16.1. The van der Waals surface area contributed by atoms with Gasteiger partial charge in [-0.2, -0.15) is 0 Å². The molecule has 1 heterocycles. The van der Waals surface area contributed by atoms with Gasteiger partial charge in [-0.25, -0.2) is 0 Å². The first-order chi connectivity index (χ1) is 9.06. The minimum absolute atomic E-state index is 0.0908. The molecule has 1 fully saturated rings. The topological polar surface area (TPSA) is 46.3 Å². The number of amides is 1. The van der Waals surface area contributed by atoms with E-state index >= 15 is 0 Å². The van der Waals surface area contributed by atoms with Crippen molar-refractivity contribution in [2.45, 2.75) is 38.6 Å². The maximum absolute atomic E-state index is 12.8. The Labute approximate surface area is 123 Å². The molecule has 0 unspecified atom stereocenters. The number of nitrogens with two attached hydrogens (primary N) is 1. The van der Waals surface area contributed by atoms with Crippen LogP contribution in [-0.4, -0.2) is 22.8 Å². The summed E-state index contributed by atoms with van der Waals surface area (Å²) in [7, 11) is 1.84. The molecule has 0 aliphatic heterocycles. The Morgan fingerprint density at radius 1 is 1.47 bits per heavy atom. The van der Waals surface area contributed by atoms with E-state index in [1.54, 1.807) is 16.2 Å². The number of rotatable bonds is 4. The van der Waals surface area contributed by atoms with Gasteiger partial charge in [-0.05, 0) is 24.3 Å². The first-order valence-electron chi connectivity index (χ1n) is 6.64. The van der Waals surface area contributed by atoms with Crippen LogP contribution in [0.2, 0.25) is 0 Å². The van der Waals surface area contributed by atoms with Crippen LogP contribution in [0, 0.1) is 5.41 Å². The van der Waals surface area contributed by atoms with E-state index in [2.05, 4.69) is 0 Å². The third kappa shape index (κ3) is 2.98. The summed E-state index contributed by atoms with van der Waals surface area (Å²) in [6.07, 6.45) is 4.85. The van der Waals surface area contributed by atoms with Crippen LogP contribution in [0.15, 0.2) is 17.5 Å². The zero-order valence-electron chi connectivity index (χ0n) is 11.2. The Bertz CT molecular complexity index is 450. The monoisotopic (exact) mass is 296 g/mol. The van der Waals surface area contributed by atoms with Gasteiger partial charge in [0.2, 0.25) is 5.91 Å². The summed E-state index contributed by atoms with van der Waals surface area (Å²) >= 11 is 6.87. The second-order valence-corrected chi connectivity index (χ2v) is 6.72. The molecule has 1 saturated carbocycles. The lowest BCUT2D eigenvalue weighted by Crippen LogP contribution is -2.50. The van der Waals surface area contributed by atoms with E-state index in [9.17, 15) is 4.79 Å². The predicted molar refractivity (Wildman–Crippen MR) is 83.1 cm³/mol. The zero-order chi connectivity index (χ0) is 13.9. The molecule has 0 radical (unpaired) electrons. The SMILES string of the molecule is CN(Cc1cccs1)C(=O)C1(C(N)=S)CCCCC1. The molecule has 0 saturated heterocycles. The normalized spacial score (nSPS) is 17.9. The molecule has 104 valence electrons. The quantitative estimate of drug-likeness (QED) is 0.869. The third-order valence-electron chi connectivity index (χ3n) is 3.91. The Morgan fingerprint density at radius 3 is 2.68 bits per heavy atom. The van der Waals surface area contributed by atoms with E-state index < -0.39 is 5.41 Å². The molecule has 19 heavy (non-hydrogen) atoms. The van der Waals surface area contributed by atoms with Crippen molar-refractivity contribution in [2.75, 3.05) is 7.05 Å². The maximum atomic E-state index is 12.8. The standard InChI is InChI=1S/C14H20N2OS2/c1-16(10-11-6-5-9-19-11)13(17)14(12(15)18)7-3-2-4-8-14/h5-6,9H,2-4,7-8,10H2,1H3,(H2,15,18). The molecule has 0 spiro atoms. The van der Waals surface area contributed by atoms with Crippen LogP contribution in [-0.2, 0) is 11.3 Å². The molecule has 0 aromatic carbocycles. The molecule has 2 N–H and O–H groups in total. The van der Waals surface area contributed by atoms with Crippen LogP contribution in [0.5, 0.6) is 0 Å². The fraction of sp³-hybridized carbons (Fsp3) is 0.571. The highest BCUT2D eigenvalue weighted by Crippen LogP contribution is 2.38. The van der Waals surface area contributed by atoms with Gasteiger partial charge >= 0.3 is 0 Å². The molecule has 1 amide bonds. The Balaban J connectivity index is 2.13. The van der Waals surface area contributed by atoms with Crippen LogP contribution in [0.3, 0.4) is 0 Å². The number of hydrogen-bond donors (Lipinski definition) is 1. The molecule has 1 aliphatic carbocycles. The third-order valence-corrected chi connectivity index (χ3v) is 5.16. The zero-order valence-corrected chi connectivity index (χ0v) is 12.9. The van der Waals surface area contributed by atoms with Gasteiger partial charge in [-0.1, -0.05) is 37.5 Å². The molecule has 0 atom stereocenters. The number of thiocarbonyl (C=S) groups is 1. The van der Waals surface area contributed by atoms with Crippen molar-refractivity contribution in [3.05, 3.63) is 22.4 Å². The second-order valence-electron chi connectivity index (χ2n) is 5.25. The van der Waals surface area contributed by atoms with Crippen LogP contribution in [0.1, 0.15) is 37.0 Å². The Kier molecular flexibility index (Phi) is 4.58. The lowest BCUT2D eigenvalue weighted by atomic mass is 9.73. The fourth-order valence-corrected chi connectivity index (χ4v) is 3.84. The molecule has 1 aromatic heterocycles. The lowest BCUT2D eigenvalue weighted by molar-refractivity contribution is -0.138. The molecular formula is C14H20N2OS2. The van der Waals surface area contributed by atoms with E-state index in [1.807, 2.05) is 24.6 Å². The fourth-order valence-electron chi connectivity index (χ4n) is 2.79. The van der Waals surface area contributed by atoms with Crippen molar-refractivity contribution in [1.29, 1.82) is 0 Å². The number of thiophene rings is 1. The molecular weight excluding hydrogens is 276 g/mol. The summed E-state index contributed by atoms with van der Waals surface area (Å²) in [6.45, 7) is 0.640. The molecule has 1 aromatic rings. The van der Waals surface area contributed by atoms with Crippen LogP contribution >= 0.6 is 23.6 Å². The number of hydrogen-bond acceptors (Lipinski definition) is 3. The van der Waals surface area contributed by atoms with Gasteiger partial charge in [0.1, 0.15) is 0 Å². The molecule has 3 nitrogen and oxygen atoms in total. The highest BCUT2D eigenvalue weighted by atomic mass is 32.1.